The molecule has 0 saturated carbocycles. The maximum atomic E-state index is 12.3. The highest BCUT2D eigenvalue weighted by Crippen LogP contribution is 2.28. The van der Waals surface area contributed by atoms with Crippen LogP contribution in [-0.4, -0.2) is 70.6 Å². The molecule has 148 valence electrons. The van der Waals surface area contributed by atoms with Crippen molar-refractivity contribution in [1.82, 2.24) is 19.9 Å². The number of hydrogen-bond donors (Lipinski definition) is 1. The van der Waals surface area contributed by atoms with E-state index < -0.39 is 40.1 Å². The topological polar surface area (TPSA) is 124 Å². The molecular weight excluding hydrogens is 364 g/mol. The van der Waals surface area contributed by atoms with Crippen LogP contribution in [0.4, 0.5) is 4.79 Å². The van der Waals surface area contributed by atoms with Gasteiger partial charge in [0.2, 0.25) is 0 Å². The van der Waals surface area contributed by atoms with E-state index in [0.717, 1.165) is 6.26 Å². The van der Waals surface area contributed by atoms with Gasteiger partial charge in [-0.2, -0.15) is 8.42 Å². The summed E-state index contributed by atoms with van der Waals surface area (Å²) in [6, 6.07) is -0.567. The molecule has 3 atom stereocenters. The van der Waals surface area contributed by atoms with Crippen LogP contribution in [0, 0.1) is 0 Å². The molecule has 0 aromatic carbocycles. The van der Waals surface area contributed by atoms with Crippen molar-refractivity contribution in [2.45, 2.75) is 58.0 Å². The lowest BCUT2D eigenvalue weighted by atomic mass is 10.2. The quantitative estimate of drug-likeness (QED) is 0.734. The number of amides is 1. The second kappa shape index (κ2) is 7.49. The van der Waals surface area contributed by atoms with Crippen LogP contribution >= 0.6 is 0 Å². The first-order valence-corrected chi connectivity index (χ1v) is 10.2. The Hall–Kier alpha value is -1.72. The van der Waals surface area contributed by atoms with Crippen LogP contribution in [-0.2, 0) is 19.0 Å². The third-order valence-electron chi connectivity index (χ3n) is 3.78. The van der Waals surface area contributed by atoms with Crippen molar-refractivity contribution >= 4 is 16.2 Å². The van der Waals surface area contributed by atoms with E-state index in [4.69, 9.17) is 8.92 Å². The van der Waals surface area contributed by atoms with Gasteiger partial charge in [0.15, 0.2) is 0 Å². The number of aliphatic hydroxyl groups excluding tert-OH is 1. The first-order chi connectivity index (χ1) is 11.9. The second-order valence-corrected chi connectivity index (χ2v) is 8.94. The molecule has 0 spiro atoms. The lowest BCUT2D eigenvalue weighted by Crippen LogP contribution is -2.36. The lowest BCUT2D eigenvalue weighted by molar-refractivity contribution is 0.0275. The molecule has 0 bridgehead atoms. The molecule has 2 rings (SSSR count). The minimum atomic E-state index is -3.74. The molecule has 1 aromatic rings. The normalized spacial score (nSPS) is 22.5. The van der Waals surface area contributed by atoms with E-state index in [0.29, 0.717) is 12.1 Å². The van der Waals surface area contributed by atoms with Gasteiger partial charge in [-0.15, -0.1) is 5.10 Å². The van der Waals surface area contributed by atoms with Gasteiger partial charge in [-0.05, 0) is 27.2 Å². The summed E-state index contributed by atoms with van der Waals surface area (Å²) in [5, 5.41) is 17.8. The molecule has 1 saturated heterocycles. The lowest BCUT2D eigenvalue weighted by Gasteiger charge is -2.24. The van der Waals surface area contributed by atoms with E-state index in [1.807, 2.05) is 0 Å². The molecule has 0 radical (unpaired) electrons. The van der Waals surface area contributed by atoms with Gasteiger partial charge >= 0.3 is 6.09 Å². The summed E-state index contributed by atoms with van der Waals surface area (Å²) in [7, 11) is -3.74. The van der Waals surface area contributed by atoms with E-state index in [1.54, 1.807) is 27.7 Å². The zero-order valence-electron chi connectivity index (χ0n) is 15.6. The number of carbonyl (C=O) groups is 1. The van der Waals surface area contributed by atoms with Gasteiger partial charge in [0.05, 0.1) is 25.1 Å². The minimum absolute atomic E-state index is 0.0399. The van der Waals surface area contributed by atoms with Gasteiger partial charge in [-0.1, -0.05) is 12.1 Å². The van der Waals surface area contributed by atoms with Crippen molar-refractivity contribution in [3.63, 3.8) is 0 Å². The first-order valence-electron chi connectivity index (χ1n) is 8.35. The second-order valence-electron chi connectivity index (χ2n) is 7.34. The number of rotatable bonds is 5. The van der Waals surface area contributed by atoms with E-state index in [2.05, 4.69) is 10.3 Å². The van der Waals surface area contributed by atoms with Crippen LogP contribution in [0.3, 0.4) is 0 Å². The Kier molecular flexibility index (Phi) is 5.93. The molecule has 10 nitrogen and oxygen atoms in total. The van der Waals surface area contributed by atoms with Crippen LogP contribution in [0.1, 0.15) is 52.0 Å². The molecule has 1 amide bonds. The minimum Gasteiger partial charge on any atom is -0.444 e. The molecule has 0 aliphatic carbocycles. The summed E-state index contributed by atoms with van der Waals surface area (Å²) < 4.78 is 35.1. The van der Waals surface area contributed by atoms with Crippen LogP contribution in [0.5, 0.6) is 0 Å². The Bertz CT molecular complexity index is 742. The fourth-order valence-electron chi connectivity index (χ4n) is 2.62. The van der Waals surface area contributed by atoms with Crippen LogP contribution in [0.2, 0.25) is 0 Å². The number of hydrogen-bond acceptors (Lipinski definition) is 8. The number of likely N-dealkylation sites (tertiary alicyclic amines) is 1. The average molecular weight is 390 g/mol. The standard InChI is InChI=1S/C15H26N4O6S/c1-6-12(20)10-7-19(17-16-10)11-8-18(14(21)24-15(2,3)4)9-13(11)25-26(5,22)23/h7,11-13,20H,6,8-9H2,1-5H3/t11-,12?,13-/m1/s1. The number of ether oxygens (including phenoxy) is 1. The van der Waals surface area contributed by atoms with Gasteiger partial charge in [0.1, 0.15) is 23.4 Å². The Morgan fingerprint density at radius 3 is 2.62 bits per heavy atom. The summed E-state index contributed by atoms with van der Waals surface area (Å²) >= 11 is 0. The molecule has 2 heterocycles. The van der Waals surface area contributed by atoms with Crippen molar-refractivity contribution in [2.24, 2.45) is 0 Å². The van der Waals surface area contributed by atoms with Crippen molar-refractivity contribution in [2.75, 3.05) is 19.3 Å². The van der Waals surface area contributed by atoms with E-state index in [1.165, 1.54) is 15.8 Å². The molecular formula is C15H26N4O6S. The van der Waals surface area contributed by atoms with E-state index >= 15 is 0 Å². The summed E-state index contributed by atoms with van der Waals surface area (Å²) in [5.41, 5.74) is -0.296. The molecule has 1 N–H and O–H groups in total. The number of carbonyl (C=O) groups excluding carboxylic acids is 1. The van der Waals surface area contributed by atoms with Crippen molar-refractivity contribution in [1.29, 1.82) is 0 Å². The summed E-state index contributed by atoms with van der Waals surface area (Å²) in [6.07, 6.45) is 0.809. The van der Waals surface area contributed by atoms with Gasteiger partial charge in [-0.25, -0.2) is 9.48 Å². The highest BCUT2D eigenvalue weighted by Gasteiger charge is 2.41. The van der Waals surface area contributed by atoms with Crippen LogP contribution < -0.4 is 0 Å². The van der Waals surface area contributed by atoms with Crippen molar-refractivity contribution in [3.05, 3.63) is 11.9 Å². The summed E-state index contributed by atoms with van der Waals surface area (Å²) in [5.74, 6) is 0. The predicted molar refractivity (Wildman–Crippen MR) is 91.8 cm³/mol. The van der Waals surface area contributed by atoms with Gasteiger partial charge < -0.3 is 14.7 Å². The first kappa shape index (κ1) is 20.6. The molecule has 1 aliphatic heterocycles. The van der Waals surface area contributed by atoms with E-state index in [-0.39, 0.29) is 13.1 Å². The molecule has 26 heavy (non-hydrogen) atoms. The number of aromatic nitrogens is 3. The fourth-order valence-corrected chi connectivity index (χ4v) is 3.26. The summed E-state index contributed by atoms with van der Waals surface area (Å²) in [4.78, 5) is 13.7. The largest absolute Gasteiger partial charge is 0.444 e. The third-order valence-corrected chi connectivity index (χ3v) is 4.38. The highest BCUT2D eigenvalue weighted by molar-refractivity contribution is 7.86. The Morgan fingerprint density at radius 1 is 1.42 bits per heavy atom. The maximum absolute atomic E-state index is 12.3. The number of nitrogens with zero attached hydrogens (tertiary/aromatic N) is 4. The van der Waals surface area contributed by atoms with Gasteiger partial charge in [0, 0.05) is 6.54 Å². The molecule has 11 heteroatoms. The monoisotopic (exact) mass is 390 g/mol. The zero-order valence-corrected chi connectivity index (χ0v) is 16.4. The third kappa shape index (κ3) is 5.39. The molecule has 1 aliphatic rings. The van der Waals surface area contributed by atoms with E-state index in [9.17, 15) is 18.3 Å². The Morgan fingerprint density at radius 2 is 2.08 bits per heavy atom. The maximum Gasteiger partial charge on any atom is 0.410 e. The Labute approximate surface area is 153 Å². The summed E-state index contributed by atoms with van der Waals surface area (Å²) in [6.45, 7) is 7.24. The van der Waals surface area contributed by atoms with Crippen LogP contribution in [0.15, 0.2) is 6.20 Å². The van der Waals surface area contributed by atoms with Gasteiger partial charge in [-0.3, -0.25) is 4.18 Å². The predicted octanol–water partition coefficient (Wildman–Crippen LogP) is 0.858. The highest BCUT2D eigenvalue weighted by atomic mass is 32.2. The van der Waals surface area contributed by atoms with Crippen molar-refractivity contribution < 1.29 is 27.2 Å². The molecule has 1 fully saturated rings. The van der Waals surface area contributed by atoms with Crippen LogP contribution in [0.25, 0.3) is 0 Å². The Balaban J connectivity index is 2.23. The SMILES string of the molecule is CCC(O)c1cn([C@@H]2CN(C(=O)OC(C)(C)C)C[C@H]2OS(C)(=O)=O)nn1. The molecule has 1 aromatic heterocycles. The fraction of sp³-hybridized carbons (Fsp3) is 0.800. The average Bonchev–Trinajstić information content (AvgIpc) is 3.09. The molecule has 1 unspecified atom stereocenters. The zero-order chi connectivity index (χ0) is 19.7. The smallest absolute Gasteiger partial charge is 0.410 e. The van der Waals surface area contributed by atoms with Gasteiger partial charge in [0.25, 0.3) is 10.1 Å². The number of aliphatic hydroxyl groups is 1. The van der Waals surface area contributed by atoms with Crippen molar-refractivity contribution in [3.8, 4) is 0 Å².